The zero-order chi connectivity index (χ0) is 13.7. The van der Waals surface area contributed by atoms with Crippen molar-refractivity contribution in [2.75, 3.05) is 0 Å². The number of hydrogen-bond acceptors (Lipinski definition) is 1. The van der Waals surface area contributed by atoms with Crippen LogP contribution in [-0.2, 0) is 6.42 Å². The quantitative estimate of drug-likeness (QED) is 0.907. The van der Waals surface area contributed by atoms with Crippen LogP contribution in [-0.4, -0.2) is 11.1 Å². The van der Waals surface area contributed by atoms with Gasteiger partial charge in [0, 0.05) is 4.47 Å². The van der Waals surface area contributed by atoms with Crippen molar-refractivity contribution in [3.63, 3.8) is 0 Å². The van der Waals surface area contributed by atoms with Gasteiger partial charge in [-0.2, -0.15) is 0 Å². The molecule has 19 heavy (non-hydrogen) atoms. The molecule has 2 aromatic carbocycles. The van der Waals surface area contributed by atoms with E-state index in [1.807, 2.05) is 36.4 Å². The van der Waals surface area contributed by atoms with Gasteiger partial charge >= 0.3 is 5.97 Å². The van der Waals surface area contributed by atoms with Gasteiger partial charge in [-0.15, -0.1) is 0 Å². The maximum atomic E-state index is 10.7. The van der Waals surface area contributed by atoms with Crippen LogP contribution in [0.2, 0.25) is 0 Å². The Morgan fingerprint density at radius 3 is 2.42 bits per heavy atom. The van der Waals surface area contributed by atoms with E-state index in [0.717, 1.165) is 22.0 Å². The fraction of sp³-hybridized carbons (Fsp3) is 0.0625. The predicted octanol–water partition coefficient (Wildman–Crippen LogP) is 4.40. The van der Waals surface area contributed by atoms with Crippen molar-refractivity contribution in [2.45, 2.75) is 6.42 Å². The summed E-state index contributed by atoms with van der Waals surface area (Å²) in [6.45, 7) is 0. The third-order valence-electron chi connectivity index (χ3n) is 2.76. The van der Waals surface area contributed by atoms with Gasteiger partial charge in [-0.1, -0.05) is 58.4 Å². The summed E-state index contributed by atoms with van der Waals surface area (Å²) < 4.78 is 1.06. The summed E-state index contributed by atoms with van der Waals surface area (Å²) in [5, 5.41) is 8.81. The monoisotopic (exact) mass is 316 g/mol. The Hall–Kier alpha value is -1.87. The Kier molecular flexibility index (Phi) is 4.53. The van der Waals surface area contributed by atoms with E-state index in [-0.39, 0.29) is 0 Å². The van der Waals surface area contributed by atoms with Gasteiger partial charge < -0.3 is 5.11 Å². The molecule has 2 nitrogen and oxygen atoms in total. The average molecular weight is 317 g/mol. The van der Waals surface area contributed by atoms with E-state index >= 15 is 0 Å². The van der Waals surface area contributed by atoms with Crippen LogP contribution in [0.4, 0.5) is 0 Å². The molecule has 0 aliphatic rings. The molecule has 0 saturated carbocycles. The molecule has 0 aliphatic carbocycles. The van der Waals surface area contributed by atoms with E-state index in [1.165, 1.54) is 0 Å². The molecule has 2 aromatic rings. The van der Waals surface area contributed by atoms with Crippen molar-refractivity contribution in [1.29, 1.82) is 0 Å². The lowest BCUT2D eigenvalue weighted by atomic mass is 10.1. The van der Waals surface area contributed by atoms with E-state index in [9.17, 15) is 4.79 Å². The average Bonchev–Trinajstić information content (AvgIpc) is 2.41. The molecule has 1 N–H and O–H groups in total. The summed E-state index contributed by atoms with van der Waals surface area (Å²) in [4.78, 5) is 10.7. The molecule has 0 bridgehead atoms. The van der Waals surface area contributed by atoms with Crippen molar-refractivity contribution in [3.8, 4) is 0 Å². The highest BCUT2D eigenvalue weighted by Crippen LogP contribution is 2.17. The second kappa shape index (κ2) is 6.34. The Morgan fingerprint density at radius 1 is 1.11 bits per heavy atom. The first kappa shape index (κ1) is 13.6. The minimum Gasteiger partial charge on any atom is -0.478 e. The van der Waals surface area contributed by atoms with Crippen LogP contribution in [0.1, 0.15) is 21.5 Å². The molecule has 96 valence electrons. The van der Waals surface area contributed by atoms with Crippen LogP contribution in [0.15, 0.2) is 59.1 Å². The second-order valence-corrected chi connectivity index (χ2v) is 4.98. The fourth-order valence-corrected chi connectivity index (χ4v) is 2.13. The normalized spacial score (nSPS) is 10.8. The van der Waals surface area contributed by atoms with Gasteiger partial charge in [-0.25, -0.2) is 4.79 Å². The Labute approximate surface area is 120 Å². The van der Waals surface area contributed by atoms with Gasteiger partial charge in [0.05, 0.1) is 5.56 Å². The molecule has 3 heteroatoms. The van der Waals surface area contributed by atoms with Crippen LogP contribution in [0.5, 0.6) is 0 Å². The highest BCUT2D eigenvalue weighted by molar-refractivity contribution is 9.10. The fourth-order valence-electron chi connectivity index (χ4n) is 1.72. The zero-order valence-electron chi connectivity index (χ0n) is 10.2. The number of rotatable bonds is 4. The first-order chi connectivity index (χ1) is 9.16. The molecule has 2 rings (SSSR count). The van der Waals surface area contributed by atoms with Crippen LogP contribution in [0, 0.1) is 0 Å². The first-order valence-corrected chi connectivity index (χ1v) is 6.69. The van der Waals surface area contributed by atoms with Crippen molar-refractivity contribution in [3.05, 3.63) is 75.8 Å². The Balaban J connectivity index is 2.03. The van der Waals surface area contributed by atoms with Gasteiger partial charge in [0.2, 0.25) is 0 Å². The number of benzene rings is 2. The molecule has 0 atom stereocenters. The molecule has 0 heterocycles. The summed E-state index contributed by atoms with van der Waals surface area (Å²) in [5.41, 5.74) is 2.54. The SMILES string of the molecule is O=C(O)c1ccc(C/C=C/c2ccccc2Br)cc1. The van der Waals surface area contributed by atoms with Gasteiger partial charge in [-0.3, -0.25) is 0 Å². The Morgan fingerprint density at radius 2 is 1.79 bits per heavy atom. The van der Waals surface area contributed by atoms with Crippen molar-refractivity contribution < 1.29 is 9.90 Å². The van der Waals surface area contributed by atoms with Gasteiger partial charge in [0.1, 0.15) is 0 Å². The maximum Gasteiger partial charge on any atom is 0.335 e. The zero-order valence-corrected chi connectivity index (χ0v) is 11.8. The molecule has 0 unspecified atom stereocenters. The number of hydrogen-bond donors (Lipinski definition) is 1. The van der Waals surface area contributed by atoms with Crippen molar-refractivity contribution >= 4 is 28.0 Å². The van der Waals surface area contributed by atoms with E-state index in [1.54, 1.807) is 12.1 Å². The molecular weight excluding hydrogens is 304 g/mol. The van der Waals surface area contributed by atoms with E-state index in [4.69, 9.17) is 5.11 Å². The lowest BCUT2D eigenvalue weighted by Crippen LogP contribution is -1.95. The molecule has 0 fully saturated rings. The summed E-state index contributed by atoms with van der Waals surface area (Å²) in [7, 11) is 0. The molecule has 0 radical (unpaired) electrons. The molecule has 0 amide bonds. The molecule has 0 aromatic heterocycles. The number of carboxylic acid groups (broad SMARTS) is 1. The lowest BCUT2D eigenvalue weighted by Gasteiger charge is -1.99. The van der Waals surface area contributed by atoms with Gasteiger partial charge in [0.15, 0.2) is 0 Å². The third kappa shape index (κ3) is 3.80. The molecule has 0 aliphatic heterocycles. The van der Waals surface area contributed by atoms with Crippen LogP contribution in [0.25, 0.3) is 6.08 Å². The summed E-state index contributed by atoms with van der Waals surface area (Å²) in [6, 6.07) is 14.9. The first-order valence-electron chi connectivity index (χ1n) is 5.90. The van der Waals surface area contributed by atoms with Crippen molar-refractivity contribution in [2.24, 2.45) is 0 Å². The minimum absolute atomic E-state index is 0.318. The summed E-state index contributed by atoms with van der Waals surface area (Å²) >= 11 is 3.49. The highest BCUT2D eigenvalue weighted by Gasteiger charge is 2.00. The smallest absolute Gasteiger partial charge is 0.335 e. The number of aromatic carboxylic acids is 1. The standard InChI is InChI=1S/C16H13BrO2/c17-15-7-2-1-5-13(15)6-3-4-12-8-10-14(11-9-12)16(18)19/h1-3,5-11H,4H2,(H,18,19)/b6-3+. The summed E-state index contributed by atoms with van der Waals surface area (Å²) in [6.07, 6.45) is 4.90. The lowest BCUT2D eigenvalue weighted by molar-refractivity contribution is 0.0697. The summed E-state index contributed by atoms with van der Waals surface area (Å²) in [5.74, 6) is -0.893. The van der Waals surface area contributed by atoms with Crippen LogP contribution >= 0.6 is 15.9 Å². The largest absolute Gasteiger partial charge is 0.478 e. The second-order valence-electron chi connectivity index (χ2n) is 4.13. The number of halogens is 1. The van der Waals surface area contributed by atoms with Crippen LogP contribution in [0.3, 0.4) is 0 Å². The van der Waals surface area contributed by atoms with Crippen molar-refractivity contribution in [1.82, 2.24) is 0 Å². The third-order valence-corrected chi connectivity index (χ3v) is 3.48. The molecular formula is C16H13BrO2. The number of carbonyl (C=O) groups is 1. The topological polar surface area (TPSA) is 37.3 Å². The van der Waals surface area contributed by atoms with Crippen LogP contribution < -0.4 is 0 Å². The van der Waals surface area contributed by atoms with Gasteiger partial charge in [0.25, 0.3) is 0 Å². The predicted molar refractivity (Wildman–Crippen MR) is 80.3 cm³/mol. The molecule has 0 spiro atoms. The number of allylic oxidation sites excluding steroid dienone is 1. The van der Waals surface area contributed by atoms with Gasteiger partial charge in [-0.05, 0) is 35.7 Å². The highest BCUT2D eigenvalue weighted by atomic mass is 79.9. The number of carboxylic acids is 1. The van der Waals surface area contributed by atoms with E-state index in [2.05, 4.69) is 28.1 Å². The van der Waals surface area contributed by atoms with E-state index < -0.39 is 5.97 Å². The van der Waals surface area contributed by atoms with E-state index in [0.29, 0.717) is 5.56 Å². The minimum atomic E-state index is -0.893. The maximum absolute atomic E-state index is 10.7. The molecule has 0 saturated heterocycles. The Bertz CT molecular complexity index is 600.